The number of hydrogen-bond donors (Lipinski definition) is 1. The molecule has 0 saturated heterocycles. The van der Waals surface area contributed by atoms with Crippen LogP contribution in [0.25, 0.3) is 5.76 Å². The van der Waals surface area contributed by atoms with E-state index in [4.69, 9.17) is 9.47 Å². The number of carbonyl (C=O) groups is 1. The van der Waals surface area contributed by atoms with Gasteiger partial charge in [0, 0.05) is 23.0 Å². The number of fused-ring (bicyclic) bond motifs is 3. The van der Waals surface area contributed by atoms with Gasteiger partial charge < -0.3 is 14.8 Å². The third-order valence-corrected chi connectivity index (χ3v) is 5.12. The summed E-state index contributed by atoms with van der Waals surface area (Å²) in [4.78, 5) is 17.1. The van der Waals surface area contributed by atoms with Crippen molar-refractivity contribution in [3.63, 3.8) is 0 Å². The van der Waals surface area contributed by atoms with E-state index in [9.17, 15) is 4.79 Å². The third kappa shape index (κ3) is 5.96. The number of para-hydroxylation sites is 2. The molecule has 30 heavy (non-hydrogen) atoms. The molecular formula is C25H30N2O3. The second kappa shape index (κ2) is 10.6. The molecule has 0 saturated carbocycles. The minimum atomic E-state index is -0.245. The lowest BCUT2D eigenvalue weighted by molar-refractivity contribution is -0.112. The summed E-state index contributed by atoms with van der Waals surface area (Å²) < 4.78 is 12.0. The number of nitrogens with zero attached hydrogens (tertiary/aromatic N) is 1. The van der Waals surface area contributed by atoms with E-state index in [-0.39, 0.29) is 12.0 Å². The summed E-state index contributed by atoms with van der Waals surface area (Å²) in [5.41, 5.74) is 2.98. The first-order valence-corrected chi connectivity index (χ1v) is 10.6. The van der Waals surface area contributed by atoms with Crippen molar-refractivity contribution in [3.8, 4) is 5.75 Å². The number of rotatable bonds is 2. The molecular weight excluding hydrogens is 376 g/mol. The van der Waals surface area contributed by atoms with E-state index >= 15 is 0 Å². The minimum Gasteiger partial charge on any atom is -0.488 e. The molecule has 1 N–H and O–H groups in total. The lowest BCUT2D eigenvalue weighted by atomic mass is 10.0. The molecule has 1 aliphatic rings. The van der Waals surface area contributed by atoms with Crippen LogP contribution in [0.3, 0.4) is 0 Å². The number of carbonyl (C=O) groups excluding carboxylic acids is 1. The molecule has 1 atom stereocenters. The Morgan fingerprint density at radius 3 is 2.90 bits per heavy atom. The Bertz CT molecular complexity index is 920. The van der Waals surface area contributed by atoms with Gasteiger partial charge in [-0.25, -0.2) is 0 Å². The Morgan fingerprint density at radius 1 is 1.23 bits per heavy atom. The number of pyridine rings is 1. The highest BCUT2D eigenvalue weighted by molar-refractivity contribution is 6.03. The fraction of sp³-hybridized carbons (Fsp3) is 0.360. The first-order valence-electron chi connectivity index (χ1n) is 10.6. The van der Waals surface area contributed by atoms with E-state index in [1.807, 2.05) is 36.4 Å². The topological polar surface area (TPSA) is 60.5 Å². The van der Waals surface area contributed by atoms with Gasteiger partial charge in [-0.2, -0.15) is 0 Å². The van der Waals surface area contributed by atoms with Gasteiger partial charge in [0.05, 0.1) is 18.1 Å². The molecule has 0 aliphatic carbocycles. The summed E-state index contributed by atoms with van der Waals surface area (Å²) >= 11 is 0. The van der Waals surface area contributed by atoms with Crippen LogP contribution in [0, 0.1) is 0 Å². The van der Waals surface area contributed by atoms with Crippen molar-refractivity contribution in [2.75, 3.05) is 5.32 Å². The molecule has 1 unspecified atom stereocenters. The number of nitrogens with one attached hydrogen (secondary N) is 1. The summed E-state index contributed by atoms with van der Waals surface area (Å²) in [5, 5.41) is 2.94. The molecule has 1 aromatic carbocycles. The number of aromatic nitrogens is 1. The summed E-state index contributed by atoms with van der Waals surface area (Å²) in [6, 6.07) is 11.4. The molecule has 0 spiro atoms. The van der Waals surface area contributed by atoms with E-state index in [0.717, 1.165) is 49.8 Å². The Kier molecular flexibility index (Phi) is 7.66. The highest BCUT2D eigenvalue weighted by Crippen LogP contribution is 2.28. The van der Waals surface area contributed by atoms with Gasteiger partial charge >= 0.3 is 0 Å². The highest BCUT2D eigenvalue weighted by Gasteiger charge is 2.15. The predicted octanol–water partition coefficient (Wildman–Crippen LogP) is 5.89. The zero-order valence-electron chi connectivity index (χ0n) is 17.8. The second-order valence-electron chi connectivity index (χ2n) is 7.60. The molecule has 2 aromatic rings. The van der Waals surface area contributed by atoms with Crippen LogP contribution >= 0.6 is 0 Å². The summed E-state index contributed by atoms with van der Waals surface area (Å²) in [6.07, 6.45) is 9.27. The first kappa shape index (κ1) is 21.6. The number of amides is 1. The summed E-state index contributed by atoms with van der Waals surface area (Å²) in [5.74, 6) is 0.938. The largest absolute Gasteiger partial charge is 0.488 e. The van der Waals surface area contributed by atoms with Gasteiger partial charge in [-0.1, -0.05) is 32.1 Å². The molecule has 3 rings (SSSR count). The van der Waals surface area contributed by atoms with Crippen molar-refractivity contribution in [3.05, 3.63) is 72.3 Å². The van der Waals surface area contributed by atoms with Gasteiger partial charge in [-0.3, -0.25) is 9.78 Å². The molecule has 158 valence electrons. The van der Waals surface area contributed by atoms with Crippen molar-refractivity contribution in [2.24, 2.45) is 0 Å². The zero-order chi connectivity index (χ0) is 21.3. The van der Waals surface area contributed by atoms with E-state index in [1.54, 1.807) is 13.1 Å². The Hall–Kier alpha value is -3.08. The van der Waals surface area contributed by atoms with Gasteiger partial charge in [0.25, 0.3) is 5.91 Å². The Morgan fingerprint density at radius 2 is 2.07 bits per heavy atom. The zero-order valence-corrected chi connectivity index (χ0v) is 17.8. The van der Waals surface area contributed by atoms with Crippen LogP contribution < -0.4 is 10.1 Å². The van der Waals surface area contributed by atoms with E-state index in [2.05, 4.69) is 23.8 Å². The van der Waals surface area contributed by atoms with Crippen LogP contribution in [0.4, 0.5) is 5.69 Å². The normalized spacial score (nSPS) is 19.9. The quantitative estimate of drug-likeness (QED) is 0.676. The molecule has 0 radical (unpaired) electrons. The van der Waals surface area contributed by atoms with E-state index in [1.165, 1.54) is 6.26 Å². The fourth-order valence-electron chi connectivity index (χ4n) is 3.40. The maximum absolute atomic E-state index is 12.7. The molecule has 0 fully saturated rings. The van der Waals surface area contributed by atoms with Gasteiger partial charge in [-0.15, -0.1) is 0 Å². The highest BCUT2D eigenvalue weighted by atomic mass is 16.5. The molecule has 1 aliphatic heterocycles. The van der Waals surface area contributed by atoms with Gasteiger partial charge in [0.1, 0.15) is 11.5 Å². The fourth-order valence-corrected chi connectivity index (χ4v) is 3.40. The average Bonchev–Trinajstić information content (AvgIpc) is 2.75. The van der Waals surface area contributed by atoms with Crippen LogP contribution in [-0.4, -0.2) is 17.0 Å². The standard InChI is InChI=1S/C25H30N2O3/c1-4-9-22-11-6-5-10-21-16-20(14-15-26-21)19(3)29-17-18(2)25(28)27-23-12-7-8-13-24(23)30-22/h7-8,12-17,22H,3-6,9-11H2,1-2H3,(H,27,28)/b18-17+. The summed E-state index contributed by atoms with van der Waals surface area (Å²) in [6.45, 7) is 7.86. The molecule has 5 heteroatoms. The minimum absolute atomic E-state index is 0.114. The van der Waals surface area contributed by atoms with Crippen LogP contribution in [-0.2, 0) is 16.0 Å². The lowest BCUT2D eigenvalue weighted by Crippen LogP contribution is -2.19. The maximum atomic E-state index is 12.7. The van der Waals surface area contributed by atoms with Crippen molar-refractivity contribution in [1.29, 1.82) is 0 Å². The van der Waals surface area contributed by atoms with E-state index < -0.39 is 0 Å². The number of anilines is 1. The number of hydrogen-bond acceptors (Lipinski definition) is 4. The molecule has 1 aromatic heterocycles. The lowest BCUT2D eigenvalue weighted by Gasteiger charge is -2.21. The van der Waals surface area contributed by atoms with Crippen molar-refractivity contribution < 1.29 is 14.3 Å². The van der Waals surface area contributed by atoms with Gasteiger partial charge in [0.2, 0.25) is 0 Å². The van der Waals surface area contributed by atoms with E-state index in [0.29, 0.717) is 22.8 Å². The third-order valence-electron chi connectivity index (χ3n) is 5.12. The number of ether oxygens (including phenoxy) is 2. The smallest absolute Gasteiger partial charge is 0.254 e. The van der Waals surface area contributed by atoms with Crippen LogP contribution in [0.1, 0.15) is 57.2 Å². The number of aryl methyl sites for hydroxylation is 1. The van der Waals surface area contributed by atoms with Gasteiger partial charge in [0.15, 0.2) is 0 Å². The van der Waals surface area contributed by atoms with Crippen LogP contribution in [0.5, 0.6) is 5.75 Å². The molecule has 2 bridgehead atoms. The molecule has 5 nitrogen and oxygen atoms in total. The van der Waals surface area contributed by atoms with Crippen molar-refractivity contribution >= 4 is 17.4 Å². The second-order valence-corrected chi connectivity index (χ2v) is 7.60. The van der Waals surface area contributed by atoms with Gasteiger partial charge in [-0.05, 0) is 63.3 Å². The van der Waals surface area contributed by atoms with Crippen LogP contribution in [0.15, 0.2) is 61.0 Å². The number of benzene rings is 1. The Balaban J connectivity index is 1.87. The Labute approximate surface area is 178 Å². The molecule has 1 amide bonds. The first-order chi connectivity index (χ1) is 14.6. The SMILES string of the molecule is C=C1O/C=C(\C)C(=O)Nc2ccccc2OC(CCC)CCCCc2cc1ccn2. The maximum Gasteiger partial charge on any atom is 0.254 e. The summed E-state index contributed by atoms with van der Waals surface area (Å²) in [7, 11) is 0. The predicted molar refractivity (Wildman–Crippen MR) is 120 cm³/mol. The van der Waals surface area contributed by atoms with Crippen molar-refractivity contribution in [2.45, 2.75) is 58.5 Å². The molecule has 2 heterocycles. The average molecular weight is 407 g/mol. The monoisotopic (exact) mass is 406 g/mol. The van der Waals surface area contributed by atoms with Crippen molar-refractivity contribution in [1.82, 2.24) is 4.98 Å². The van der Waals surface area contributed by atoms with Crippen LogP contribution in [0.2, 0.25) is 0 Å².